The Bertz CT molecular complexity index is 1340. The van der Waals surface area contributed by atoms with E-state index in [1.807, 2.05) is 19.1 Å². The number of ether oxygens (including phenoxy) is 2. The molecule has 0 spiro atoms. The number of amides is 2. The van der Waals surface area contributed by atoms with Crippen LogP contribution in [0.15, 0.2) is 70.4 Å². The fourth-order valence-corrected chi connectivity index (χ4v) is 7.33. The van der Waals surface area contributed by atoms with Gasteiger partial charge in [0, 0.05) is 5.69 Å². The molecular weight excluding hydrogens is 506 g/mol. The summed E-state index contributed by atoms with van der Waals surface area (Å²) < 4.78 is 16.5. The number of nitrogens with zero attached hydrogens (tertiary/aromatic N) is 1. The third kappa shape index (κ3) is 5.62. The van der Waals surface area contributed by atoms with Gasteiger partial charge < -0.3 is 19.2 Å². The molecular formula is C32H35N3O5. The van der Waals surface area contributed by atoms with E-state index in [9.17, 15) is 9.59 Å². The summed E-state index contributed by atoms with van der Waals surface area (Å²) in [5.74, 6) is 3.13. The summed E-state index contributed by atoms with van der Waals surface area (Å²) in [5.41, 5.74) is 5.66. The van der Waals surface area contributed by atoms with Crippen LogP contribution in [0.1, 0.15) is 67.1 Å². The molecule has 1 aromatic heterocycles. The number of carbonyl (C=O) groups is 2. The van der Waals surface area contributed by atoms with Crippen LogP contribution < -0.4 is 20.2 Å². The van der Waals surface area contributed by atoms with E-state index in [0.717, 1.165) is 23.4 Å². The van der Waals surface area contributed by atoms with Gasteiger partial charge in [0.15, 0.2) is 23.9 Å². The van der Waals surface area contributed by atoms with E-state index in [4.69, 9.17) is 13.9 Å². The Labute approximate surface area is 234 Å². The SMILES string of the molecule is CCOc1cc(/C=N/NC(=O)c2ccco2)ccc1OCC(=O)Nc1ccc(C23CC4CC(CC(C4)C2)C3)cc1. The van der Waals surface area contributed by atoms with E-state index in [-0.39, 0.29) is 18.3 Å². The van der Waals surface area contributed by atoms with Crippen molar-refractivity contribution < 1.29 is 23.5 Å². The largest absolute Gasteiger partial charge is 0.490 e. The smallest absolute Gasteiger partial charge is 0.307 e. The summed E-state index contributed by atoms with van der Waals surface area (Å²) in [6.45, 7) is 2.14. The van der Waals surface area contributed by atoms with Crippen molar-refractivity contribution in [3.8, 4) is 11.5 Å². The quantitative estimate of drug-likeness (QED) is 0.245. The summed E-state index contributed by atoms with van der Waals surface area (Å²) in [6.07, 6.45) is 11.2. The monoisotopic (exact) mass is 541 g/mol. The second-order valence-corrected chi connectivity index (χ2v) is 11.4. The van der Waals surface area contributed by atoms with E-state index in [0.29, 0.717) is 29.1 Å². The van der Waals surface area contributed by atoms with Gasteiger partial charge in [-0.2, -0.15) is 5.10 Å². The Balaban J connectivity index is 1.03. The van der Waals surface area contributed by atoms with E-state index in [1.54, 1.807) is 30.3 Å². The van der Waals surface area contributed by atoms with Crippen molar-refractivity contribution >= 4 is 23.7 Å². The van der Waals surface area contributed by atoms with Crippen molar-refractivity contribution in [3.05, 3.63) is 77.7 Å². The molecule has 4 aliphatic carbocycles. The van der Waals surface area contributed by atoms with Crippen molar-refractivity contribution in [1.29, 1.82) is 0 Å². The van der Waals surface area contributed by atoms with Crippen molar-refractivity contribution in [3.63, 3.8) is 0 Å². The van der Waals surface area contributed by atoms with Crippen molar-refractivity contribution in [2.45, 2.75) is 50.9 Å². The molecule has 8 heteroatoms. The third-order valence-electron chi connectivity index (χ3n) is 8.57. The molecule has 2 N–H and O–H groups in total. The first-order valence-corrected chi connectivity index (χ1v) is 14.2. The molecule has 40 heavy (non-hydrogen) atoms. The van der Waals surface area contributed by atoms with Crippen LogP contribution in [0.3, 0.4) is 0 Å². The number of hydrogen-bond acceptors (Lipinski definition) is 6. The fourth-order valence-electron chi connectivity index (χ4n) is 7.33. The zero-order chi connectivity index (χ0) is 27.5. The minimum atomic E-state index is -0.445. The van der Waals surface area contributed by atoms with Crippen molar-refractivity contribution in [2.24, 2.45) is 22.9 Å². The predicted molar refractivity (Wildman–Crippen MR) is 152 cm³/mol. The van der Waals surface area contributed by atoms with Gasteiger partial charge in [-0.05, 0) is 122 Å². The Morgan fingerprint density at radius 2 is 1.70 bits per heavy atom. The van der Waals surface area contributed by atoms with Crippen LogP contribution >= 0.6 is 0 Å². The standard InChI is InChI=1S/C32H35N3O5/c1-2-38-29-15-21(19-33-35-31(37)28-4-3-11-39-28)5-10-27(29)40-20-30(36)34-26-8-6-25(7-9-26)32-16-22-12-23(17-32)14-24(13-22)18-32/h3-11,15,19,22-24H,2,12-14,16-18,20H2,1H3,(H,34,36)(H,35,37)/b33-19+. The van der Waals surface area contributed by atoms with E-state index < -0.39 is 5.91 Å². The van der Waals surface area contributed by atoms with Crippen LogP contribution in [0.25, 0.3) is 0 Å². The van der Waals surface area contributed by atoms with Crippen LogP contribution in [0, 0.1) is 17.8 Å². The van der Waals surface area contributed by atoms with Crippen LogP contribution in [-0.2, 0) is 10.2 Å². The Morgan fingerprint density at radius 1 is 0.975 bits per heavy atom. The molecule has 0 unspecified atom stereocenters. The number of anilines is 1. The number of nitrogens with one attached hydrogen (secondary N) is 2. The number of hydrogen-bond donors (Lipinski definition) is 2. The molecule has 8 nitrogen and oxygen atoms in total. The molecule has 2 amide bonds. The second-order valence-electron chi connectivity index (χ2n) is 11.4. The first kappa shape index (κ1) is 26.2. The lowest BCUT2D eigenvalue weighted by molar-refractivity contribution is -0.118. The van der Waals surface area contributed by atoms with E-state index >= 15 is 0 Å². The summed E-state index contributed by atoms with van der Waals surface area (Å²) in [7, 11) is 0. The molecule has 7 rings (SSSR count). The maximum atomic E-state index is 12.7. The molecule has 1 heterocycles. The van der Waals surface area contributed by atoms with Gasteiger partial charge in [-0.1, -0.05) is 12.1 Å². The molecule has 4 aliphatic rings. The maximum Gasteiger partial charge on any atom is 0.307 e. The number of furan rings is 1. The number of rotatable bonds is 10. The lowest BCUT2D eigenvalue weighted by Gasteiger charge is -2.57. The normalized spacial score (nSPS) is 24.7. The molecule has 4 bridgehead atoms. The van der Waals surface area contributed by atoms with Gasteiger partial charge in [-0.25, -0.2) is 5.43 Å². The first-order chi connectivity index (χ1) is 19.5. The van der Waals surface area contributed by atoms with Crippen LogP contribution in [0.4, 0.5) is 5.69 Å². The van der Waals surface area contributed by atoms with Gasteiger partial charge in [-0.15, -0.1) is 0 Å². The highest BCUT2D eigenvalue weighted by atomic mass is 16.5. The molecule has 4 saturated carbocycles. The summed E-state index contributed by atoms with van der Waals surface area (Å²) >= 11 is 0. The van der Waals surface area contributed by atoms with Gasteiger partial charge in [0.25, 0.3) is 5.91 Å². The molecule has 0 radical (unpaired) electrons. The molecule has 3 aromatic rings. The average molecular weight is 542 g/mol. The van der Waals surface area contributed by atoms with Crippen LogP contribution in [0.2, 0.25) is 0 Å². The number of carbonyl (C=O) groups excluding carboxylic acids is 2. The van der Waals surface area contributed by atoms with Crippen LogP contribution in [-0.4, -0.2) is 31.2 Å². The molecule has 4 fully saturated rings. The Morgan fingerprint density at radius 3 is 2.35 bits per heavy atom. The molecule has 0 aliphatic heterocycles. The van der Waals surface area contributed by atoms with Crippen LogP contribution in [0.5, 0.6) is 11.5 Å². The molecule has 208 valence electrons. The predicted octanol–water partition coefficient (Wildman–Crippen LogP) is 5.93. The number of hydrazone groups is 1. The van der Waals surface area contributed by atoms with E-state index in [2.05, 4.69) is 28.0 Å². The highest BCUT2D eigenvalue weighted by Crippen LogP contribution is 2.60. The summed E-state index contributed by atoms with van der Waals surface area (Å²) in [4.78, 5) is 24.6. The lowest BCUT2D eigenvalue weighted by atomic mass is 9.48. The molecule has 2 aromatic carbocycles. The lowest BCUT2D eigenvalue weighted by Crippen LogP contribution is -2.48. The fraction of sp³-hybridized carbons (Fsp3) is 0.406. The zero-order valence-corrected chi connectivity index (χ0v) is 22.7. The van der Waals surface area contributed by atoms with Crippen molar-refractivity contribution in [1.82, 2.24) is 5.43 Å². The third-order valence-corrected chi connectivity index (χ3v) is 8.57. The van der Waals surface area contributed by atoms with Gasteiger partial charge in [0.05, 0.1) is 19.1 Å². The summed E-state index contributed by atoms with van der Waals surface area (Å²) in [6, 6.07) is 16.9. The Kier molecular flexibility index (Phi) is 7.32. The zero-order valence-electron chi connectivity index (χ0n) is 22.7. The highest BCUT2D eigenvalue weighted by molar-refractivity contribution is 5.93. The highest BCUT2D eigenvalue weighted by Gasteiger charge is 2.51. The Hall–Kier alpha value is -4.07. The van der Waals surface area contributed by atoms with Gasteiger partial charge in [-0.3, -0.25) is 9.59 Å². The van der Waals surface area contributed by atoms with Gasteiger partial charge in [0.1, 0.15) is 0 Å². The number of benzene rings is 2. The van der Waals surface area contributed by atoms with E-state index in [1.165, 1.54) is 56.6 Å². The summed E-state index contributed by atoms with van der Waals surface area (Å²) in [5, 5.41) is 6.91. The minimum Gasteiger partial charge on any atom is -0.490 e. The minimum absolute atomic E-state index is 0.149. The van der Waals surface area contributed by atoms with Gasteiger partial charge >= 0.3 is 5.91 Å². The first-order valence-electron chi connectivity index (χ1n) is 14.2. The van der Waals surface area contributed by atoms with Crippen molar-refractivity contribution in [2.75, 3.05) is 18.5 Å². The van der Waals surface area contributed by atoms with Gasteiger partial charge in [0.2, 0.25) is 0 Å². The molecule has 0 saturated heterocycles. The molecule has 0 atom stereocenters. The average Bonchev–Trinajstić information content (AvgIpc) is 3.48. The second kappa shape index (κ2) is 11.2. The topological polar surface area (TPSA) is 102 Å². The maximum absolute atomic E-state index is 12.7.